The van der Waals surface area contributed by atoms with Crippen LogP contribution in [0.1, 0.15) is 5.82 Å². The second-order valence-electron chi connectivity index (χ2n) is 4.68. The Hall–Kier alpha value is -2.27. The highest BCUT2D eigenvalue weighted by molar-refractivity contribution is 8.04. The van der Waals surface area contributed by atoms with Crippen molar-refractivity contribution in [1.29, 1.82) is 0 Å². The summed E-state index contributed by atoms with van der Waals surface area (Å²) < 4.78 is 0. The number of aromatic amines is 1. The number of nitrogens with one attached hydrogen (secondary N) is 2. The predicted octanol–water partition coefficient (Wildman–Crippen LogP) is 2.88. The van der Waals surface area contributed by atoms with Crippen molar-refractivity contribution < 1.29 is 4.79 Å². The van der Waals surface area contributed by atoms with E-state index in [0.717, 1.165) is 21.9 Å². The molecular weight excluding hydrogens is 270 g/mol. The molecule has 2 aromatic carbocycles. The summed E-state index contributed by atoms with van der Waals surface area (Å²) in [5.74, 6) is 1.29. The number of rotatable bonds is 1. The Kier molecular flexibility index (Phi) is 2.53. The number of carbonyl (C=O) groups excluding carboxylic acids is 1. The lowest BCUT2D eigenvalue weighted by atomic mass is 10.1. The highest BCUT2D eigenvalue weighted by Crippen LogP contribution is 2.24. The predicted molar refractivity (Wildman–Crippen MR) is 82.2 cm³/mol. The van der Waals surface area contributed by atoms with Gasteiger partial charge >= 0.3 is 0 Å². The molecule has 3 aromatic rings. The molecule has 0 atom stereocenters. The maximum atomic E-state index is 11.2. The molecule has 1 aliphatic rings. The average Bonchev–Trinajstić information content (AvgIpc) is 3.01. The number of imidazole rings is 1. The minimum atomic E-state index is 0.0445. The van der Waals surface area contributed by atoms with Crippen molar-refractivity contribution in [2.75, 3.05) is 5.75 Å². The first-order valence-corrected chi connectivity index (χ1v) is 7.29. The second kappa shape index (κ2) is 4.38. The van der Waals surface area contributed by atoms with Crippen LogP contribution in [-0.2, 0) is 4.79 Å². The molecule has 1 amide bonds. The third kappa shape index (κ3) is 1.96. The van der Waals surface area contributed by atoms with Gasteiger partial charge in [-0.3, -0.25) is 4.79 Å². The van der Waals surface area contributed by atoms with Crippen LogP contribution in [0.2, 0.25) is 0 Å². The highest BCUT2D eigenvalue weighted by Gasteiger charge is 2.15. The number of benzene rings is 2. The number of amides is 1. The van der Waals surface area contributed by atoms with Crippen LogP contribution in [0.4, 0.5) is 0 Å². The molecule has 0 radical (unpaired) electrons. The summed E-state index contributed by atoms with van der Waals surface area (Å²) in [6, 6.07) is 12.4. The maximum absolute atomic E-state index is 11.2. The van der Waals surface area contributed by atoms with Gasteiger partial charge in [-0.25, -0.2) is 4.98 Å². The van der Waals surface area contributed by atoms with Gasteiger partial charge in [0, 0.05) is 6.08 Å². The standard InChI is InChI=1S/C15H11N3OS/c19-14-8-20-15(18-14)7-13-16-11-5-9-3-1-2-4-10(9)6-12(11)17-13/h1-7H,8H2,(H,16,17)(H,18,19)/b15-7+. The largest absolute Gasteiger partial charge is 0.338 e. The van der Waals surface area contributed by atoms with Gasteiger partial charge in [0.1, 0.15) is 5.82 Å². The van der Waals surface area contributed by atoms with Crippen LogP contribution in [0.15, 0.2) is 41.4 Å². The Bertz CT molecular complexity index is 813. The summed E-state index contributed by atoms with van der Waals surface area (Å²) in [4.78, 5) is 19.0. The molecule has 5 heteroatoms. The first kappa shape index (κ1) is 11.5. The molecule has 1 aromatic heterocycles. The van der Waals surface area contributed by atoms with Crippen molar-refractivity contribution in [3.63, 3.8) is 0 Å². The van der Waals surface area contributed by atoms with Gasteiger partial charge in [0.15, 0.2) is 0 Å². The molecule has 0 unspecified atom stereocenters. The molecule has 0 bridgehead atoms. The van der Waals surface area contributed by atoms with E-state index in [4.69, 9.17) is 0 Å². The molecular formula is C15H11N3OS. The molecule has 0 spiro atoms. The van der Waals surface area contributed by atoms with Gasteiger partial charge in [-0.1, -0.05) is 36.0 Å². The van der Waals surface area contributed by atoms with Crippen LogP contribution in [-0.4, -0.2) is 21.6 Å². The van der Waals surface area contributed by atoms with Crippen LogP contribution in [0.25, 0.3) is 27.9 Å². The van der Waals surface area contributed by atoms with Gasteiger partial charge in [0.05, 0.1) is 21.8 Å². The van der Waals surface area contributed by atoms with E-state index in [-0.39, 0.29) is 5.91 Å². The summed E-state index contributed by atoms with van der Waals surface area (Å²) in [5, 5.41) is 6.01. The van der Waals surface area contributed by atoms with Gasteiger partial charge in [0.25, 0.3) is 0 Å². The molecule has 20 heavy (non-hydrogen) atoms. The number of nitrogens with zero attached hydrogens (tertiary/aromatic N) is 1. The molecule has 98 valence electrons. The van der Waals surface area contributed by atoms with E-state index in [9.17, 15) is 4.79 Å². The fraction of sp³-hybridized carbons (Fsp3) is 0.0667. The Balaban J connectivity index is 1.82. The first-order valence-electron chi connectivity index (χ1n) is 6.31. The van der Waals surface area contributed by atoms with Gasteiger partial charge in [-0.2, -0.15) is 0 Å². The lowest BCUT2D eigenvalue weighted by Crippen LogP contribution is -2.13. The summed E-state index contributed by atoms with van der Waals surface area (Å²) in [7, 11) is 0. The molecule has 1 aliphatic heterocycles. The second-order valence-corrected chi connectivity index (χ2v) is 5.70. The summed E-state index contributed by atoms with van der Waals surface area (Å²) >= 11 is 1.50. The van der Waals surface area contributed by atoms with Crippen LogP contribution < -0.4 is 5.32 Å². The van der Waals surface area contributed by atoms with Gasteiger partial charge in [-0.05, 0) is 22.9 Å². The van der Waals surface area contributed by atoms with E-state index in [1.165, 1.54) is 22.5 Å². The van der Waals surface area contributed by atoms with Crippen LogP contribution >= 0.6 is 11.8 Å². The average molecular weight is 281 g/mol. The number of H-pyrrole nitrogens is 1. The lowest BCUT2D eigenvalue weighted by Gasteiger charge is -1.95. The third-order valence-electron chi connectivity index (χ3n) is 3.26. The fourth-order valence-corrected chi connectivity index (χ4v) is 3.08. The lowest BCUT2D eigenvalue weighted by molar-refractivity contribution is -0.117. The van der Waals surface area contributed by atoms with E-state index in [1.54, 1.807) is 0 Å². The van der Waals surface area contributed by atoms with Crippen molar-refractivity contribution in [3.05, 3.63) is 47.3 Å². The van der Waals surface area contributed by atoms with E-state index >= 15 is 0 Å². The monoisotopic (exact) mass is 281 g/mol. The molecule has 2 heterocycles. The van der Waals surface area contributed by atoms with Crippen LogP contribution in [0.3, 0.4) is 0 Å². The van der Waals surface area contributed by atoms with E-state index in [2.05, 4.69) is 39.6 Å². The molecule has 1 saturated heterocycles. The summed E-state index contributed by atoms with van der Waals surface area (Å²) in [5.41, 5.74) is 1.94. The highest BCUT2D eigenvalue weighted by atomic mass is 32.2. The van der Waals surface area contributed by atoms with Crippen molar-refractivity contribution in [3.8, 4) is 0 Å². The quantitative estimate of drug-likeness (QED) is 0.721. The zero-order valence-electron chi connectivity index (χ0n) is 10.5. The van der Waals surface area contributed by atoms with Crippen LogP contribution in [0, 0.1) is 0 Å². The molecule has 4 rings (SSSR count). The smallest absolute Gasteiger partial charge is 0.235 e. The Labute approximate surface area is 119 Å². The Morgan fingerprint density at radius 1 is 1.20 bits per heavy atom. The third-order valence-corrected chi connectivity index (χ3v) is 4.19. The first-order chi connectivity index (χ1) is 9.78. The Morgan fingerprint density at radius 3 is 2.75 bits per heavy atom. The number of thioether (sulfide) groups is 1. The van der Waals surface area contributed by atoms with Gasteiger partial charge in [0.2, 0.25) is 5.91 Å². The minimum Gasteiger partial charge on any atom is -0.338 e. The van der Waals surface area contributed by atoms with Crippen LogP contribution in [0.5, 0.6) is 0 Å². The normalized spacial score (nSPS) is 17.2. The number of hydrogen-bond acceptors (Lipinski definition) is 3. The van der Waals surface area contributed by atoms with Crippen molar-refractivity contribution in [2.45, 2.75) is 0 Å². The van der Waals surface area contributed by atoms with Crippen molar-refractivity contribution in [1.82, 2.24) is 15.3 Å². The molecule has 0 aliphatic carbocycles. The minimum absolute atomic E-state index is 0.0445. The number of aromatic nitrogens is 2. The fourth-order valence-electron chi connectivity index (χ4n) is 2.34. The maximum Gasteiger partial charge on any atom is 0.235 e. The molecule has 4 nitrogen and oxygen atoms in total. The van der Waals surface area contributed by atoms with Gasteiger partial charge < -0.3 is 10.3 Å². The number of carbonyl (C=O) groups is 1. The van der Waals surface area contributed by atoms with E-state index in [0.29, 0.717) is 5.75 Å². The molecule has 2 N–H and O–H groups in total. The summed E-state index contributed by atoms with van der Waals surface area (Å²) in [6.07, 6.45) is 1.88. The zero-order chi connectivity index (χ0) is 13.5. The molecule has 1 fully saturated rings. The number of hydrogen-bond donors (Lipinski definition) is 2. The van der Waals surface area contributed by atoms with Crippen molar-refractivity contribution >= 4 is 45.6 Å². The zero-order valence-corrected chi connectivity index (χ0v) is 11.3. The van der Waals surface area contributed by atoms with Gasteiger partial charge in [-0.15, -0.1) is 0 Å². The topological polar surface area (TPSA) is 57.8 Å². The SMILES string of the molecule is O=C1CS/C(=C/c2nc3cc4ccccc4cc3[nH]2)N1. The van der Waals surface area contributed by atoms with E-state index in [1.807, 2.05) is 18.2 Å². The summed E-state index contributed by atoms with van der Waals surface area (Å²) in [6.45, 7) is 0. The van der Waals surface area contributed by atoms with E-state index < -0.39 is 0 Å². The molecule has 0 saturated carbocycles. The Morgan fingerprint density at radius 2 is 2.00 bits per heavy atom. The number of fused-ring (bicyclic) bond motifs is 2. The van der Waals surface area contributed by atoms with Crippen molar-refractivity contribution in [2.24, 2.45) is 0 Å².